The van der Waals surface area contributed by atoms with E-state index < -0.39 is 17.3 Å². The maximum absolute atomic E-state index is 12.3. The number of rotatable bonds is 2. The van der Waals surface area contributed by atoms with E-state index in [4.69, 9.17) is 9.84 Å². The minimum Gasteiger partial charge on any atom is -0.481 e. The van der Waals surface area contributed by atoms with Gasteiger partial charge in [-0.25, -0.2) is 0 Å². The second kappa shape index (κ2) is 3.98. The van der Waals surface area contributed by atoms with Gasteiger partial charge in [-0.3, -0.25) is 9.59 Å². The Labute approximate surface area is 101 Å². The molecule has 1 aliphatic carbocycles. The van der Waals surface area contributed by atoms with Crippen molar-refractivity contribution in [3.63, 3.8) is 0 Å². The molecule has 96 valence electrons. The van der Waals surface area contributed by atoms with E-state index in [-0.39, 0.29) is 17.9 Å². The number of carboxylic acids is 1. The van der Waals surface area contributed by atoms with Crippen molar-refractivity contribution in [2.45, 2.75) is 26.8 Å². The maximum Gasteiger partial charge on any atom is 0.307 e. The molecule has 2 rings (SSSR count). The number of hydrogen-bond donors (Lipinski definition) is 1. The van der Waals surface area contributed by atoms with E-state index in [1.54, 1.807) is 4.90 Å². The Bertz CT molecular complexity index is 352. The number of hydrogen-bond acceptors (Lipinski definition) is 3. The van der Waals surface area contributed by atoms with Crippen LogP contribution in [-0.4, -0.2) is 47.7 Å². The molecule has 1 saturated heterocycles. The molecule has 0 bridgehead atoms. The van der Waals surface area contributed by atoms with E-state index in [1.165, 1.54) is 0 Å². The highest BCUT2D eigenvalue weighted by Gasteiger charge is 2.66. The number of morpholine rings is 1. The van der Waals surface area contributed by atoms with E-state index in [9.17, 15) is 9.59 Å². The Morgan fingerprint density at radius 3 is 2.47 bits per heavy atom. The van der Waals surface area contributed by atoms with Gasteiger partial charge < -0.3 is 14.7 Å². The third-order valence-corrected chi connectivity index (χ3v) is 4.01. The molecule has 1 N–H and O–H groups in total. The number of carboxylic acid groups (broad SMARTS) is 1. The molecule has 3 atom stereocenters. The van der Waals surface area contributed by atoms with Gasteiger partial charge in [0.25, 0.3) is 0 Å². The maximum atomic E-state index is 12.3. The van der Waals surface area contributed by atoms with Crippen LogP contribution in [0.5, 0.6) is 0 Å². The Kier molecular flexibility index (Phi) is 2.89. The quantitative estimate of drug-likeness (QED) is 0.768. The van der Waals surface area contributed by atoms with Crippen LogP contribution < -0.4 is 0 Å². The zero-order chi connectivity index (χ0) is 12.8. The molecule has 0 aromatic rings. The van der Waals surface area contributed by atoms with E-state index >= 15 is 0 Å². The highest BCUT2D eigenvalue weighted by atomic mass is 16.5. The summed E-state index contributed by atoms with van der Waals surface area (Å²) in [4.78, 5) is 25.1. The number of carbonyl (C=O) groups excluding carboxylic acids is 1. The summed E-state index contributed by atoms with van der Waals surface area (Å²) in [5.41, 5.74) is -0.416. The molecule has 0 spiro atoms. The minimum absolute atomic E-state index is 0.0294. The van der Waals surface area contributed by atoms with Crippen molar-refractivity contribution < 1.29 is 19.4 Å². The van der Waals surface area contributed by atoms with Crippen LogP contribution in [0.3, 0.4) is 0 Å². The van der Waals surface area contributed by atoms with Crippen LogP contribution in [0, 0.1) is 17.3 Å². The van der Waals surface area contributed by atoms with Gasteiger partial charge in [-0.05, 0) is 12.3 Å². The van der Waals surface area contributed by atoms with Crippen molar-refractivity contribution in [3.05, 3.63) is 0 Å². The van der Waals surface area contributed by atoms with Crippen molar-refractivity contribution >= 4 is 11.9 Å². The van der Waals surface area contributed by atoms with E-state index in [2.05, 4.69) is 0 Å². The van der Waals surface area contributed by atoms with Gasteiger partial charge in [0, 0.05) is 6.54 Å². The summed E-state index contributed by atoms with van der Waals surface area (Å²) in [6.07, 6.45) is 0. The molecule has 5 nitrogen and oxygen atoms in total. The summed E-state index contributed by atoms with van der Waals surface area (Å²) in [5, 5.41) is 9.08. The van der Waals surface area contributed by atoms with Crippen LogP contribution in [0.25, 0.3) is 0 Å². The van der Waals surface area contributed by atoms with Crippen LogP contribution in [-0.2, 0) is 14.3 Å². The molecular weight excluding hydrogens is 222 g/mol. The smallest absolute Gasteiger partial charge is 0.307 e. The van der Waals surface area contributed by atoms with Crippen LogP contribution in [0.1, 0.15) is 20.8 Å². The standard InChI is InChI=1S/C12H19NO4/c1-7-6-17-5-4-13(7)10(14)8-9(11(15)16)12(8,2)3/h7-9H,4-6H2,1-3H3,(H,15,16). The van der Waals surface area contributed by atoms with Crippen molar-refractivity contribution in [1.82, 2.24) is 4.90 Å². The highest BCUT2D eigenvalue weighted by molar-refractivity contribution is 5.91. The third-order valence-electron chi connectivity index (χ3n) is 4.01. The number of amides is 1. The molecule has 1 saturated carbocycles. The molecular formula is C12H19NO4. The fourth-order valence-corrected chi connectivity index (χ4v) is 2.79. The second-order valence-corrected chi connectivity index (χ2v) is 5.57. The molecule has 1 aliphatic heterocycles. The molecule has 0 aromatic carbocycles. The molecule has 3 unspecified atom stereocenters. The molecule has 0 aromatic heterocycles. The Hall–Kier alpha value is -1.10. The summed E-state index contributed by atoms with van der Waals surface area (Å²) >= 11 is 0. The molecule has 0 radical (unpaired) electrons. The summed E-state index contributed by atoms with van der Waals surface area (Å²) in [6, 6.07) is 0.0436. The first kappa shape index (κ1) is 12.4. The molecule has 1 amide bonds. The second-order valence-electron chi connectivity index (χ2n) is 5.57. The fourth-order valence-electron chi connectivity index (χ4n) is 2.79. The molecule has 2 fully saturated rings. The minimum atomic E-state index is -0.866. The first-order chi connectivity index (χ1) is 7.87. The largest absolute Gasteiger partial charge is 0.481 e. The van der Waals surface area contributed by atoms with Gasteiger partial charge in [0.1, 0.15) is 0 Å². The Balaban J connectivity index is 2.08. The first-order valence-electron chi connectivity index (χ1n) is 5.98. The van der Waals surface area contributed by atoms with Gasteiger partial charge >= 0.3 is 5.97 Å². The fraction of sp³-hybridized carbons (Fsp3) is 0.833. The summed E-state index contributed by atoms with van der Waals surface area (Å²) in [7, 11) is 0. The average Bonchev–Trinajstić information content (AvgIpc) is 2.81. The van der Waals surface area contributed by atoms with Crippen LogP contribution in [0.2, 0.25) is 0 Å². The zero-order valence-electron chi connectivity index (χ0n) is 10.5. The molecule has 2 aliphatic rings. The highest BCUT2D eigenvalue weighted by Crippen LogP contribution is 2.59. The zero-order valence-corrected chi connectivity index (χ0v) is 10.5. The molecule has 1 heterocycles. The lowest BCUT2D eigenvalue weighted by atomic mass is 10.1. The Morgan fingerprint density at radius 2 is 2.00 bits per heavy atom. The number of ether oxygens (including phenoxy) is 1. The SMILES string of the molecule is CC1COCCN1C(=O)C1C(C(=O)O)C1(C)C. The number of aliphatic carboxylic acids is 1. The van der Waals surface area contributed by atoms with E-state index in [1.807, 2.05) is 20.8 Å². The lowest BCUT2D eigenvalue weighted by molar-refractivity contribution is -0.145. The third kappa shape index (κ3) is 1.92. The van der Waals surface area contributed by atoms with Crippen molar-refractivity contribution in [3.8, 4) is 0 Å². The van der Waals surface area contributed by atoms with Gasteiger partial charge in [-0.1, -0.05) is 13.8 Å². The van der Waals surface area contributed by atoms with E-state index in [0.29, 0.717) is 19.8 Å². The number of carbonyl (C=O) groups is 2. The lowest BCUT2D eigenvalue weighted by Crippen LogP contribution is -2.48. The average molecular weight is 241 g/mol. The predicted molar refractivity (Wildman–Crippen MR) is 60.4 cm³/mol. The van der Waals surface area contributed by atoms with Gasteiger partial charge in [-0.2, -0.15) is 0 Å². The van der Waals surface area contributed by atoms with Crippen LogP contribution in [0.4, 0.5) is 0 Å². The summed E-state index contributed by atoms with van der Waals surface area (Å²) < 4.78 is 5.28. The van der Waals surface area contributed by atoms with Crippen molar-refractivity contribution in [2.75, 3.05) is 19.8 Å². The molecule has 5 heteroatoms. The van der Waals surface area contributed by atoms with Gasteiger partial charge in [0.2, 0.25) is 5.91 Å². The Morgan fingerprint density at radius 1 is 1.35 bits per heavy atom. The normalized spacial score (nSPS) is 35.5. The van der Waals surface area contributed by atoms with Crippen LogP contribution in [0.15, 0.2) is 0 Å². The first-order valence-corrected chi connectivity index (χ1v) is 5.98. The topological polar surface area (TPSA) is 66.8 Å². The lowest BCUT2D eigenvalue weighted by Gasteiger charge is -2.33. The van der Waals surface area contributed by atoms with Crippen molar-refractivity contribution in [2.24, 2.45) is 17.3 Å². The monoisotopic (exact) mass is 241 g/mol. The van der Waals surface area contributed by atoms with Crippen molar-refractivity contribution in [1.29, 1.82) is 0 Å². The molecule has 17 heavy (non-hydrogen) atoms. The van der Waals surface area contributed by atoms with Gasteiger partial charge in [0.05, 0.1) is 31.1 Å². The van der Waals surface area contributed by atoms with Crippen LogP contribution >= 0.6 is 0 Å². The number of nitrogens with zero attached hydrogens (tertiary/aromatic N) is 1. The summed E-state index contributed by atoms with van der Waals surface area (Å²) in [5.74, 6) is -1.81. The van der Waals surface area contributed by atoms with Gasteiger partial charge in [0.15, 0.2) is 0 Å². The van der Waals surface area contributed by atoms with Gasteiger partial charge in [-0.15, -0.1) is 0 Å². The predicted octanol–water partition coefficient (Wildman–Crippen LogP) is 0.590. The van der Waals surface area contributed by atoms with E-state index in [0.717, 1.165) is 0 Å². The summed E-state index contributed by atoms with van der Waals surface area (Å²) in [6.45, 7) is 7.28.